The molecule has 158 valence electrons. The van der Waals surface area contributed by atoms with E-state index in [-0.39, 0.29) is 11.7 Å². The van der Waals surface area contributed by atoms with E-state index in [0.29, 0.717) is 17.6 Å². The molecule has 0 aliphatic carbocycles. The molecule has 31 heavy (non-hydrogen) atoms. The zero-order valence-electron chi connectivity index (χ0n) is 17.1. The Morgan fingerprint density at radius 2 is 1.94 bits per heavy atom. The molecule has 1 N–H and O–H groups in total. The number of benzene rings is 3. The maximum atomic E-state index is 12.4. The highest BCUT2D eigenvalue weighted by Gasteiger charge is 2.13. The van der Waals surface area contributed by atoms with Gasteiger partial charge in [-0.3, -0.25) is 4.79 Å². The molecule has 1 aromatic heterocycles. The number of fused-ring (bicyclic) bond motifs is 1. The molecular weight excluding hydrogens is 476 g/mol. The largest absolute Gasteiger partial charge is 0.485 e. The fourth-order valence-electron chi connectivity index (χ4n) is 3.14. The number of halogens is 1. The van der Waals surface area contributed by atoms with Gasteiger partial charge < -0.3 is 14.6 Å². The first-order valence-corrected chi connectivity index (χ1v) is 11.5. The summed E-state index contributed by atoms with van der Waals surface area (Å²) in [7, 11) is 1.88. The Morgan fingerprint density at radius 3 is 2.77 bits per heavy atom. The van der Waals surface area contributed by atoms with Gasteiger partial charge in [-0.2, -0.15) is 0 Å². The van der Waals surface area contributed by atoms with Gasteiger partial charge in [0.15, 0.2) is 11.0 Å². The number of hydrogen-bond donors (Lipinski definition) is 1. The molecule has 3 aromatic carbocycles. The number of rotatable bonds is 7. The fourth-order valence-corrected chi connectivity index (χ4v) is 4.35. The Labute approximate surface area is 193 Å². The second kappa shape index (κ2) is 9.53. The lowest BCUT2D eigenvalue weighted by atomic mass is 10.1. The normalized spacial score (nSPS) is 10.9. The van der Waals surface area contributed by atoms with Gasteiger partial charge in [-0.15, -0.1) is 10.2 Å². The molecule has 1 amide bonds. The summed E-state index contributed by atoms with van der Waals surface area (Å²) in [5, 5.41) is 14.2. The van der Waals surface area contributed by atoms with Crippen LogP contribution in [0, 0.1) is 6.92 Å². The SMILES string of the molecule is Cc1cc(Br)ccc1NC(=O)CSc1nnc(COc2cccc3ccccc23)n1C. The number of anilines is 1. The number of aryl methyl sites for hydroxylation is 1. The Balaban J connectivity index is 1.36. The first kappa shape index (κ1) is 21.4. The number of carbonyl (C=O) groups is 1. The van der Waals surface area contributed by atoms with Gasteiger partial charge in [-0.1, -0.05) is 64.1 Å². The highest BCUT2D eigenvalue weighted by atomic mass is 79.9. The number of thioether (sulfide) groups is 1. The maximum absolute atomic E-state index is 12.4. The summed E-state index contributed by atoms with van der Waals surface area (Å²) in [5.41, 5.74) is 1.80. The quantitative estimate of drug-likeness (QED) is 0.349. The van der Waals surface area contributed by atoms with Crippen LogP contribution >= 0.6 is 27.7 Å². The molecule has 1 heterocycles. The standard InChI is InChI=1S/C23H21BrN4O2S/c1-15-12-17(24)10-11-19(15)25-22(29)14-31-23-27-26-21(28(23)2)13-30-20-9-5-7-16-6-3-4-8-18(16)20/h3-12H,13-14H2,1-2H3,(H,25,29). The molecule has 0 radical (unpaired) electrons. The molecule has 0 fully saturated rings. The summed E-state index contributed by atoms with van der Waals surface area (Å²) >= 11 is 4.77. The topological polar surface area (TPSA) is 69.0 Å². The second-order valence-electron chi connectivity index (χ2n) is 7.02. The number of amides is 1. The number of nitrogens with one attached hydrogen (secondary N) is 1. The van der Waals surface area contributed by atoms with Crippen LogP contribution in [0.1, 0.15) is 11.4 Å². The van der Waals surface area contributed by atoms with Gasteiger partial charge in [-0.25, -0.2) is 0 Å². The van der Waals surface area contributed by atoms with E-state index in [1.54, 1.807) is 0 Å². The summed E-state index contributed by atoms with van der Waals surface area (Å²) in [5.74, 6) is 1.65. The summed E-state index contributed by atoms with van der Waals surface area (Å²) in [4.78, 5) is 12.4. The van der Waals surface area contributed by atoms with Crippen LogP contribution < -0.4 is 10.1 Å². The minimum Gasteiger partial charge on any atom is -0.485 e. The Morgan fingerprint density at radius 1 is 1.13 bits per heavy atom. The van der Waals surface area contributed by atoms with Gasteiger partial charge in [0.05, 0.1) is 5.75 Å². The van der Waals surface area contributed by atoms with E-state index < -0.39 is 0 Å². The molecule has 0 bridgehead atoms. The summed E-state index contributed by atoms with van der Waals surface area (Å²) in [6.07, 6.45) is 0. The minimum atomic E-state index is -0.0908. The van der Waals surface area contributed by atoms with Crippen molar-refractivity contribution in [3.8, 4) is 5.75 Å². The van der Waals surface area contributed by atoms with Crippen molar-refractivity contribution in [3.63, 3.8) is 0 Å². The van der Waals surface area contributed by atoms with Gasteiger partial charge in [0.25, 0.3) is 0 Å². The highest BCUT2D eigenvalue weighted by Crippen LogP contribution is 2.26. The van der Waals surface area contributed by atoms with Crippen molar-refractivity contribution in [2.24, 2.45) is 7.05 Å². The van der Waals surface area contributed by atoms with E-state index >= 15 is 0 Å². The molecule has 0 saturated heterocycles. The van der Waals surface area contributed by atoms with Crippen molar-refractivity contribution in [2.45, 2.75) is 18.7 Å². The van der Waals surface area contributed by atoms with Crippen LogP contribution in [0.4, 0.5) is 5.69 Å². The summed E-state index contributed by atoms with van der Waals surface area (Å²) < 4.78 is 8.85. The number of nitrogens with zero attached hydrogens (tertiary/aromatic N) is 3. The zero-order chi connectivity index (χ0) is 21.8. The lowest BCUT2D eigenvalue weighted by molar-refractivity contribution is -0.113. The zero-order valence-corrected chi connectivity index (χ0v) is 19.5. The van der Waals surface area contributed by atoms with Gasteiger partial charge in [-0.05, 0) is 42.1 Å². The maximum Gasteiger partial charge on any atom is 0.234 e. The first-order valence-electron chi connectivity index (χ1n) is 9.69. The summed E-state index contributed by atoms with van der Waals surface area (Å²) in [6.45, 7) is 2.25. The highest BCUT2D eigenvalue weighted by molar-refractivity contribution is 9.10. The van der Waals surface area contributed by atoms with Crippen LogP contribution in [0.5, 0.6) is 5.75 Å². The third-order valence-electron chi connectivity index (χ3n) is 4.83. The van der Waals surface area contributed by atoms with Gasteiger partial charge >= 0.3 is 0 Å². The molecule has 6 nitrogen and oxygen atoms in total. The number of aromatic nitrogens is 3. The lowest BCUT2D eigenvalue weighted by Gasteiger charge is -2.10. The Bertz CT molecular complexity index is 1240. The van der Waals surface area contributed by atoms with Gasteiger partial charge in [0.2, 0.25) is 5.91 Å². The van der Waals surface area contributed by atoms with Crippen molar-refractivity contribution >= 4 is 50.1 Å². The molecule has 4 rings (SSSR count). The number of carbonyl (C=O) groups excluding carboxylic acids is 1. The molecule has 0 saturated carbocycles. The average Bonchev–Trinajstić information content (AvgIpc) is 3.12. The van der Waals surface area contributed by atoms with Gasteiger partial charge in [0.1, 0.15) is 12.4 Å². The van der Waals surface area contributed by atoms with Crippen LogP contribution in [0.3, 0.4) is 0 Å². The van der Waals surface area contributed by atoms with Crippen LogP contribution in [0.25, 0.3) is 10.8 Å². The van der Waals surface area contributed by atoms with Crippen molar-refractivity contribution in [3.05, 3.63) is 76.5 Å². The molecule has 8 heteroatoms. The van der Waals surface area contributed by atoms with Crippen molar-refractivity contribution < 1.29 is 9.53 Å². The van der Waals surface area contributed by atoms with E-state index in [0.717, 1.165) is 32.2 Å². The molecule has 4 aromatic rings. The Hall–Kier alpha value is -2.84. The predicted octanol–water partition coefficient (Wildman–Crippen LogP) is 5.35. The van der Waals surface area contributed by atoms with Crippen molar-refractivity contribution in [1.29, 1.82) is 0 Å². The molecule has 0 spiro atoms. The van der Waals surface area contributed by atoms with Crippen LogP contribution in [-0.4, -0.2) is 26.4 Å². The average molecular weight is 497 g/mol. The molecule has 0 aliphatic rings. The van der Waals surface area contributed by atoms with Crippen molar-refractivity contribution in [2.75, 3.05) is 11.1 Å². The summed E-state index contributed by atoms with van der Waals surface area (Å²) in [6, 6.07) is 19.8. The van der Waals surface area contributed by atoms with Crippen molar-refractivity contribution in [1.82, 2.24) is 14.8 Å². The van der Waals surface area contributed by atoms with Crippen LogP contribution in [-0.2, 0) is 18.4 Å². The molecular formula is C23H21BrN4O2S. The van der Waals surface area contributed by atoms with E-state index in [1.807, 2.05) is 67.1 Å². The Kier molecular flexibility index (Phi) is 6.58. The molecule has 0 atom stereocenters. The monoisotopic (exact) mass is 496 g/mol. The van der Waals surface area contributed by atoms with E-state index in [4.69, 9.17) is 4.74 Å². The van der Waals surface area contributed by atoms with E-state index in [2.05, 4.69) is 43.6 Å². The molecule has 0 aliphatic heterocycles. The van der Waals surface area contributed by atoms with Crippen LogP contribution in [0.2, 0.25) is 0 Å². The van der Waals surface area contributed by atoms with E-state index in [1.165, 1.54) is 11.8 Å². The third kappa shape index (κ3) is 5.08. The third-order valence-corrected chi connectivity index (χ3v) is 6.34. The van der Waals surface area contributed by atoms with E-state index in [9.17, 15) is 4.79 Å². The number of hydrogen-bond acceptors (Lipinski definition) is 5. The number of ether oxygens (including phenoxy) is 1. The predicted molar refractivity (Wildman–Crippen MR) is 128 cm³/mol. The van der Waals surface area contributed by atoms with Crippen LogP contribution in [0.15, 0.2) is 70.3 Å². The molecule has 0 unspecified atom stereocenters. The van der Waals surface area contributed by atoms with Gasteiger partial charge in [0, 0.05) is 22.6 Å². The lowest BCUT2D eigenvalue weighted by Crippen LogP contribution is -2.15. The fraction of sp³-hybridized carbons (Fsp3) is 0.174. The smallest absolute Gasteiger partial charge is 0.234 e. The first-order chi connectivity index (χ1) is 15.0. The minimum absolute atomic E-state index is 0.0908. The second-order valence-corrected chi connectivity index (χ2v) is 8.88.